The predicted octanol–water partition coefficient (Wildman–Crippen LogP) is 2.91. The lowest BCUT2D eigenvalue weighted by molar-refractivity contribution is 0.0929. The van der Waals surface area contributed by atoms with E-state index in [2.05, 4.69) is 10.5 Å². The number of para-hydroxylation sites is 2. The van der Waals surface area contributed by atoms with Gasteiger partial charge in [-0.3, -0.25) is 4.79 Å². The van der Waals surface area contributed by atoms with Crippen LogP contribution in [-0.2, 0) is 0 Å². The number of ether oxygens (including phenoxy) is 1. The van der Waals surface area contributed by atoms with Crippen molar-refractivity contribution in [1.29, 1.82) is 0 Å². The smallest absolute Gasteiger partial charge is 0.307 e. The highest BCUT2D eigenvalue weighted by Crippen LogP contribution is 2.27. The van der Waals surface area contributed by atoms with E-state index in [0.29, 0.717) is 16.9 Å². The maximum absolute atomic E-state index is 12.0. The van der Waals surface area contributed by atoms with E-state index in [4.69, 9.17) is 9.15 Å². The van der Waals surface area contributed by atoms with Crippen LogP contribution in [0.15, 0.2) is 58.0 Å². The van der Waals surface area contributed by atoms with Crippen LogP contribution in [0.2, 0.25) is 0 Å². The van der Waals surface area contributed by atoms with Crippen molar-refractivity contribution in [3.8, 4) is 11.5 Å². The number of rotatable bonds is 4. The predicted molar refractivity (Wildman–Crippen MR) is 85.9 cm³/mol. The average Bonchev–Trinajstić information content (AvgIpc) is 3.00. The maximum atomic E-state index is 12.0. The zero-order valence-electron chi connectivity index (χ0n) is 12.3. The first-order valence-corrected chi connectivity index (χ1v) is 6.87. The van der Waals surface area contributed by atoms with Gasteiger partial charge in [-0.1, -0.05) is 24.3 Å². The van der Waals surface area contributed by atoms with Crippen LogP contribution in [0.4, 0.5) is 0 Å². The van der Waals surface area contributed by atoms with Crippen molar-refractivity contribution in [2.24, 2.45) is 5.10 Å². The number of amides is 1. The SMILES string of the molecule is COc1cccc(C=NNC(=O)c2cc3ccccc3o2)c1O. The second-order valence-corrected chi connectivity index (χ2v) is 4.75. The van der Waals surface area contributed by atoms with Gasteiger partial charge in [0.05, 0.1) is 13.3 Å². The van der Waals surface area contributed by atoms with Crippen molar-refractivity contribution in [2.45, 2.75) is 0 Å². The highest BCUT2D eigenvalue weighted by atomic mass is 16.5. The molecule has 0 unspecified atom stereocenters. The highest BCUT2D eigenvalue weighted by molar-refractivity contribution is 5.96. The lowest BCUT2D eigenvalue weighted by Gasteiger charge is -2.04. The molecule has 0 saturated carbocycles. The summed E-state index contributed by atoms with van der Waals surface area (Å²) >= 11 is 0. The van der Waals surface area contributed by atoms with E-state index in [1.807, 2.05) is 18.2 Å². The number of methoxy groups -OCH3 is 1. The molecule has 0 saturated heterocycles. The van der Waals surface area contributed by atoms with Gasteiger partial charge in [-0.25, -0.2) is 5.43 Å². The van der Waals surface area contributed by atoms with Gasteiger partial charge < -0.3 is 14.3 Å². The van der Waals surface area contributed by atoms with Gasteiger partial charge in [-0.2, -0.15) is 5.10 Å². The molecule has 0 aliphatic rings. The summed E-state index contributed by atoms with van der Waals surface area (Å²) in [5.74, 6) is -0.0210. The van der Waals surface area contributed by atoms with Crippen LogP contribution < -0.4 is 10.2 Å². The Morgan fingerprint density at radius 2 is 2.09 bits per heavy atom. The van der Waals surface area contributed by atoms with Gasteiger partial charge in [0.2, 0.25) is 0 Å². The summed E-state index contributed by atoms with van der Waals surface area (Å²) in [6.07, 6.45) is 1.33. The van der Waals surface area contributed by atoms with Gasteiger partial charge in [-0.15, -0.1) is 0 Å². The zero-order chi connectivity index (χ0) is 16.2. The summed E-state index contributed by atoms with van der Waals surface area (Å²) in [7, 11) is 1.46. The zero-order valence-corrected chi connectivity index (χ0v) is 12.3. The van der Waals surface area contributed by atoms with E-state index in [1.54, 1.807) is 30.3 Å². The molecule has 1 aromatic heterocycles. The molecule has 0 spiro atoms. The average molecular weight is 310 g/mol. The molecule has 116 valence electrons. The Kier molecular flexibility index (Phi) is 3.97. The van der Waals surface area contributed by atoms with E-state index in [9.17, 15) is 9.90 Å². The van der Waals surface area contributed by atoms with Gasteiger partial charge in [-0.05, 0) is 24.3 Å². The summed E-state index contributed by atoms with van der Waals surface area (Å²) in [5.41, 5.74) is 3.41. The van der Waals surface area contributed by atoms with Gasteiger partial charge in [0.1, 0.15) is 5.58 Å². The maximum Gasteiger partial charge on any atom is 0.307 e. The number of nitrogens with one attached hydrogen (secondary N) is 1. The topological polar surface area (TPSA) is 84.1 Å². The summed E-state index contributed by atoms with van der Waals surface area (Å²) in [6, 6.07) is 14.0. The van der Waals surface area contributed by atoms with Crippen LogP contribution >= 0.6 is 0 Å². The van der Waals surface area contributed by atoms with Crippen LogP contribution in [0, 0.1) is 0 Å². The standard InChI is InChI=1S/C17H14N2O4/c1-22-14-8-4-6-12(16(14)20)10-18-19-17(21)15-9-11-5-2-3-7-13(11)23-15/h2-10,20H,1H3,(H,19,21). The molecule has 1 amide bonds. The lowest BCUT2D eigenvalue weighted by atomic mass is 10.2. The first kappa shape index (κ1) is 14.6. The van der Waals surface area contributed by atoms with Gasteiger partial charge in [0.25, 0.3) is 0 Å². The molecule has 3 aromatic rings. The third-order valence-electron chi connectivity index (χ3n) is 3.27. The summed E-state index contributed by atoms with van der Waals surface area (Å²) in [5, 5.41) is 14.6. The molecule has 0 aliphatic carbocycles. The van der Waals surface area contributed by atoms with Gasteiger partial charge in [0, 0.05) is 10.9 Å². The minimum atomic E-state index is -0.472. The van der Waals surface area contributed by atoms with Crippen LogP contribution in [-0.4, -0.2) is 24.3 Å². The molecule has 3 rings (SSSR count). The highest BCUT2D eigenvalue weighted by Gasteiger charge is 2.11. The van der Waals surface area contributed by atoms with Crippen molar-refractivity contribution in [3.05, 3.63) is 59.9 Å². The fraction of sp³-hybridized carbons (Fsp3) is 0.0588. The second kappa shape index (κ2) is 6.23. The first-order valence-electron chi connectivity index (χ1n) is 6.87. The summed E-state index contributed by atoms with van der Waals surface area (Å²) < 4.78 is 10.4. The Morgan fingerprint density at radius 3 is 2.87 bits per heavy atom. The number of nitrogens with zero attached hydrogens (tertiary/aromatic N) is 1. The third kappa shape index (κ3) is 3.01. The second-order valence-electron chi connectivity index (χ2n) is 4.75. The molecular formula is C17H14N2O4. The number of hydrogen-bond acceptors (Lipinski definition) is 5. The normalized spacial score (nSPS) is 11.0. The monoisotopic (exact) mass is 310 g/mol. The minimum absolute atomic E-state index is 0.0447. The first-order chi connectivity index (χ1) is 11.2. The van der Waals surface area contributed by atoms with E-state index in [-0.39, 0.29) is 11.5 Å². The van der Waals surface area contributed by atoms with E-state index >= 15 is 0 Å². The molecule has 23 heavy (non-hydrogen) atoms. The molecule has 2 N–H and O–H groups in total. The molecule has 0 fully saturated rings. The van der Waals surface area contributed by atoms with Gasteiger partial charge >= 0.3 is 5.91 Å². The van der Waals surface area contributed by atoms with Crippen LogP contribution in [0.25, 0.3) is 11.0 Å². The Hall–Kier alpha value is -3.28. The molecular weight excluding hydrogens is 296 g/mol. The number of aromatic hydroxyl groups is 1. The molecule has 0 bridgehead atoms. The number of carbonyl (C=O) groups excluding carboxylic acids is 1. The van der Waals surface area contributed by atoms with Crippen molar-refractivity contribution in [3.63, 3.8) is 0 Å². The molecule has 0 aliphatic heterocycles. The molecule has 0 radical (unpaired) electrons. The molecule has 6 heteroatoms. The number of carbonyl (C=O) groups is 1. The van der Waals surface area contributed by atoms with Crippen molar-refractivity contribution >= 4 is 23.1 Å². The number of fused-ring (bicyclic) bond motifs is 1. The number of hydrazone groups is 1. The Balaban J connectivity index is 1.73. The number of furan rings is 1. The third-order valence-corrected chi connectivity index (χ3v) is 3.27. The lowest BCUT2D eigenvalue weighted by Crippen LogP contribution is -2.16. The summed E-state index contributed by atoms with van der Waals surface area (Å²) in [6.45, 7) is 0. The Morgan fingerprint density at radius 1 is 1.26 bits per heavy atom. The molecule has 1 heterocycles. The largest absolute Gasteiger partial charge is 0.504 e. The number of phenols is 1. The van der Waals surface area contributed by atoms with Crippen molar-refractivity contribution in [2.75, 3.05) is 7.11 Å². The molecule has 6 nitrogen and oxygen atoms in total. The fourth-order valence-corrected chi connectivity index (χ4v) is 2.12. The van der Waals surface area contributed by atoms with E-state index in [1.165, 1.54) is 13.3 Å². The van der Waals surface area contributed by atoms with E-state index < -0.39 is 5.91 Å². The Bertz CT molecular complexity index is 850. The van der Waals surface area contributed by atoms with Crippen LogP contribution in [0.5, 0.6) is 11.5 Å². The Labute approximate surface area is 132 Å². The molecule has 0 atom stereocenters. The number of hydrogen-bond donors (Lipinski definition) is 2. The van der Waals surface area contributed by atoms with Crippen molar-refractivity contribution in [1.82, 2.24) is 5.43 Å². The van der Waals surface area contributed by atoms with Crippen molar-refractivity contribution < 1.29 is 19.1 Å². The fourth-order valence-electron chi connectivity index (χ4n) is 2.12. The number of phenolic OH excluding ortho intramolecular Hbond substituents is 1. The minimum Gasteiger partial charge on any atom is -0.504 e. The van der Waals surface area contributed by atoms with Crippen LogP contribution in [0.3, 0.4) is 0 Å². The van der Waals surface area contributed by atoms with Crippen LogP contribution in [0.1, 0.15) is 16.1 Å². The number of benzene rings is 2. The molecule has 2 aromatic carbocycles. The quantitative estimate of drug-likeness (QED) is 0.573. The summed E-state index contributed by atoms with van der Waals surface area (Å²) in [4.78, 5) is 12.0. The van der Waals surface area contributed by atoms with Gasteiger partial charge in [0.15, 0.2) is 17.3 Å². The van der Waals surface area contributed by atoms with E-state index in [0.717, 1.165) is 5.39 Å².